The molecule has 2 aliphatic carbocycles. The number of carbonyl (C=O) groups excluding carboxylic acids is 1. The fourth-order valence-corrected chi connectivity index (χ4v) is 6.69. The number of ketones is 1. The van der Waals surface area contributed by atoms with Crippen LogP contribution in [0, 0.1) is 0 Å². The van der Waals surface area contributed by atoms with Gasteiger partial charge in [0.25, 0.3) is 0 Å². The Morgan fingerprint density at radius 2 is 1.85 bits per heavy atom. The lowest BCUT2D eigenvalue weighted by Crippen LogP contribution is -2.36. The lowest BCUT2D eigenvalue weighted by Gasteiger charge is -2.28. The van der Waals surface area contributed by atoms with Gasteiger partial charge in [0.2, 0.25) is 0 Å². The van der Waals surface area contributed by atoms with Crippen LogP contribution in [0.25, 0.3) is 33.4 Å². The van der Waals surface area contributed by atoms with Gasteiger partial charge in [-0.15, -0.1) is 17.5 Å². The van der Waals surface area contributed by atoms with Crippen LogP contribution in [-0.2, 0) is 4.79 Å². The van der Waals surface area contributed by atoms with Crippen LogP contribution in [0.1, 0.15) is 34.0 Å². The lowest BCUT2D eigenvalue weighted by atomic mass is 9.89. The number of rotatable bonds is 8. The second kappa shape index (κ2) is 10.4. The van der Waals surface area contributed by atoms with Crippen LogP contribution in [0.3, 0.4) is 0 Å². The summed E-state index contributed by atoms with van der Waals surface area (Å²) in [4.78, 5) is 37.5. The van der Waals surface area contributed by atoms with E-state index in [4.69, 9.17) is 4.42 Å². The molecule has 1 atom stereocenters. The lowest BCUT2D eigenvalue weighted by molar-refractivity contribution is -0.867. The van der Waals surface area contributed by atoms with Crippen molar-refractivity contribution in [3.63, 3.8) is 0 Å². The third-order valence-electron chi connectivity index (χ3n) is 6.94. The second-order valence-electron chi connectivity index (χ2n) is 10.7. The summed E-state index contributed by atoms with van der Waals surface area (Å²) in [6.07, 6.45) is 2.93. The van der Waals surface area contributed by atoms with Gasteiger partial charge >= 0.3 is 5.97 Å². The second-order valence-corrected chi connectivity index (χ2v) is 11.9. The van der Waals surface area contributed by atoms with Crippen molar-refractivity contribution < 1.29 is 28.7 Å². The predicted octanol–water partition coefficient (Wildman–Crippen LogP) is 5.11. The molecule has 3 aliphatic rings. The minimum atomic E-state index is -1.09. The van der Waals surface area contributed by atoms with Crippen molar-refractivity contribution >= 4 is 34.5 Å². The molecule has 0 radical (unpaired) electrons. The molecule has 8 heteroatoms. The van der Waals surface area contributed by atoms with E-state index in [0.717, 1.165) is 11.0 Å². The number of thioether (sulfide) groups is 1. The van der Waals surface area contributed by atoms with E-state index in [1.54, 1.807) is 30.3 Å². The molecule has 0 saturated heterocycles. The van der Waals surface area contributed by atoms with Crippen LogP contribution in [0.4, 0.5) is 0 Å². The molecular weight excluding hydrogens is 514 g/mol. The molecule has 1 unspecified atom stereocenters. The maximum Gasteiger partial charge on any atom is 0.336 e. The number of carboxylic acid groups (broad SMARTS) is 1. The average molecular weight is 544 g/mol. The van der Waals surface area contributed by atoms with Crippen molar-refractivity contribution in [3.05, 3.63) is 87.6 Å². The average Bonchev–Trinajstić information content (AvgIpc) is 3.30. The van der Waals surface area contributed by atoms with E-state index in [9.17, 15) is 24.6 Å². The summed E-state index contributed by atoms with van der Waals surface area (Å²) in [6.45, 7) is 0.818. The van der Waals surface area contributed by atoms with E-state index in [-0.39, 0.29) is 33.9 Å². The van der Waals surface area contributed by atoms with Crippen molar-refractivity contribution in [3.8, 4) is 28.2 Å². The van der Waals surface area contributed by atoms with E-state index in [0.29, 0.717) is 51.8 Å². The molecule has 7 nitrogen and oxygen atoms in total. The minimum Gasteiger partial charge on any atom is -0.872 e. The fraction of sp³-hybridized carbons (Fsp3) is 0.258. The van der Waals surface area contributed by atoms with Crippen molar-refractivity contribution in [2.75, 3.05) is 33.4 Å². The minimum absolute atomic E-state index is 0.00762. The molecule has 0 amide bonds. The molecule has 0 aromatic heterocycles. The largest absolute Gasteiger partial charge is 0.872 e. The van der Waals surface area contributed by atoms with Crippen LogP contribution in [0.5, 0.6) is 5.75 Å². The highest BCUT2D eigenvalue weighted by atomic mass is 32.2. The monoisotopic (exact) mass is 543 g/mol. The van der Waals surface area contributed by atoms with E-state index >= 15 is 0 Å². The topological polar surface area (TPSA) is 108 Å². The molecule has 0 fully saturated rings. The Morgan fingerprint density at radius 3 is 2.54 bits per heavy atom. The molecule has 39 heavy (non-hydrogen) atoms. The number of fused-ring (bicyclic) bond motifs is 2. The number of Topliss-reactive ketones (excluding diaryl/α,β-unsaturated/α-hetero) is 1. The Hall–Kier alpha value is -3.88. The number of aromatic carboxylic acids is 1. The molecule has 5 rings (SSSR count). The van der Waals surface area contributed by atoms with E-state index < -0.39 is 11.2 Å². The number of quaternary nitrogens is 1. The van der Waals surface area contributed by atoms with E-state index in [1.165, 1.54) is 36.0 Å². The molecule has 0 saturated carbocycles. The van der Waals surface area contributed by atoms with Gasteiger partial charge in [-0.25, -0.2) is 4.79 Å². The summed E-state index contributed by atoms with van der Waals surface area (Å²) in [5.41, 5.74) is 2.58. The molecule has 0 bridgehead atoms. The number of carboxylic acids is 1. The molecular formula is C31H29NO6S. The third-order valence-corrected chi connectivity index (χ3v) is 8.18. The molecule has 1 aliphatic heterocycles. The summed E-state index contributed by atoms with van der Waals surface area (Å²) >= 11 is 1.53. The van der Waals surface area contributed by atoms with Crippen LogP contribution >= 0.6 is 11.8 Å². The highest BCUT2D eigenvalue weighted by molar-refractivity contribution is 7.99. The maximum atomic E-state index is 13.6. The number of hydrogen-bond donors (Lipinski definition) is 1. The molecule has 2 aromatic carbocycles. The number of carbonyl (C=O) groups is 2. The number of nitrogens with zero attached hydrogens (tertiary/aromatic N) is 1. The summed E-state index contributed by atoms with van der Waals surface area (Å²) in [7, 11) is 6.25. The van der Waals surface area contributed by atoms with Gasteiger partial charge in [-0.3, -0.25) is 9.59 Å². The summed E-state index contributed by atoms with van der Waals surface area (Å²) in [6, 6.07) is 14.1. The first-order chi connectivity index (χ1) is 18.5. The predicted molar refractivity (Wildman–Crippen MR) is 151 cm³/mol. The number of hydrogen-bond acceptors (Lipinski definition) is 6. The number of benzene rings is 3. The van der Waals surface area contributed by atoms with Gasteiger partial charge < -0.3 is 19.1 Å². The summed E-state index contributed by atoms with van der Waals surface area (Å²) in [5.74, 6) is -0.414. The van der Waals surface area contributed by atoms with E-state index in [1.807, 2.05) is 6.08 Å². The SMILES string of the molecule is C[N+](C)(C)CCSC(C1=CCCC1=O)c1c([O-])ccc2c(-c3ccccc3C(=O)O)c3ccc(=O)cc-3oc12. The van der Waals surface area contributed by atoms with Crippen molar-refractivity contribution in [1.82, 2.24) is 0 Å². The van der Waals surface area contributed by atoms with Crippen LogP contribution in [0.2, 0.25) is 0 Å². The highest BCUT2D eigenvalue weighted by Crippen LogP contribution is 2.49. The highest BCUT2D eigenvalue weighted by Gasteiger charge is 2.31. The van der Waals surface area contributed by atoms with Crippen molar-refractivity contribution in [2.45, 2.75) is 18.1 Å². The first-order valence-corrected chi connectivity index (χ1v) is 13.8. The van der Waals surface area contributed by atoms with Crippen LogP contribution in [-0.4, -0.2) is 54.8 Å². The maximum absolute atomic E-state index is 13.6. The summed E-state index contributed by atoms with van der Waals surface area (Å²) < 4.78 is 7.05. The van der Waals surface area contributed by atoms with Crippen molar-refractivity contribution in [2.24, 2.45) is 0 Å². The Morgan fingerprint density at radius 1 is 1.08 bits per heavy atom. The number of allylic oxidation sites excluding steroid dienone is 1. The summed E-state index contributed by atoms with van der Waals surface area (Å²) in [5, 5.41) is 23.5. The van der Waals surface area contributed by atoms with Crippen LogP contribution in [0.15, 0.2) is 75.5 Å². The molecule has 1 heterocycles. The van der Waals surface area contributed by atoms with Gasteiger partial charge in [0.15, 0.2) is 11.2 Å². The van der Waals surface area contributed by atoms with Gasteiger partial charge in [0, 0.05) is 45.9 Å². The Labute approximate surface area is 230 Å². The van der Waals surface area contributed by atoms with Gasteiger partial charge in [-0.1, -0.05) is 36.4 Å². The molecule has 2 aromatic rings. The molecule has 1 N–H and O–H groups in total. The van der Waals surface area contributed by atoms with Gasteiger partial charge in [-0.2, -0.15) is 0 Å². The Bertz CT molecular complexity index is 1660. The smallest absolute Gasteiger partial charge is 0.336 e. The van der Waals surface area contributed by atoms with Gasteiger partial charge in [0.1, 0.15) is 11.3 Å². The van der Waals surface area contributed by atoms with Crippen molar-refractivity contribution in [1.29, 1.82) is 0 Å². The van der Waals surface area contributed by atoms with Gasteiger partial charge in [0.05, 0.1) is 38.5 Å². The zero-order valence-corrected chi connectivity index (χ0v) is 22.8. The fourth-order valence-electron chi connectivity index (χ4n) is 5.01. The zero-order valence-electron chi connectivity index (χ0n) is 22.0. The zero-order chi connectivity index (χ0) is 27.9. The van der Waals surface area contributed by atoms with E-state index in [2.05, 4.69) is 21.1 Å². The Kier molecular flexibility index (Phi) is 7.09. The normalized spacial score (nSPS) is 14.6. The first kappa shape index (κ1) is 26.7. The van der Waals surface area contributed by atoms with Crippen LogP contribution < -0.4 is 10.5 Å². The first-order valence-electron chi connectivity index (χ1n) is 12.7. The third kappa shape index (κ3) is 5.22. The van der Waals surface area contributed by atoms with Gasteiger partial charge in [-0.05, 0) is 30.2 Å². The Balaban J connectivity index is 1.84. The standard InChI is InChI=1S/C31H29NO6S/c1-32(2,3)15-16-39-30(21-9-6-10-24(21)34)28-25(35)14-13-23-27(19-7-4-5-8-20(19)31(36)37)22-12-11-18(33)17-26(22)38-29(23)28/h4-5,7-9,11-14,17,30H,6,10,15-16H2,1-3H3,(H-,33,35,36,37). The molecule has 0 spiro atoms. The molecule has 200 valence electrons. The quantitative estimate of drug-likeness (QED) is 0.243.